The van der Waals surface area contributed by atoms with Crippen LogP contribution in [0.2, 0.25) is 0 Å². The quantitative estimate of drug-likeness (QED) is 0.678. The minimum atomic E-state index is -0.328. The van der Waals surface area contributed by atoms with Crippen LogP contribution < -0.4 is 14.9 Å². The molecule has 0 spiro atoms. The summed E-state index contributed by atoms with van der Waals surface area (Å²) in [5.41, 5.74) is 4.44. The van der Waals surface area contributed by atoms with E-state index in [4.69, 9.17) is 9.47 Å². The van der Waals surface area contributed by atoms with Gasteiger partial charge in [-0.25, -0.2) is 5.43 Å². The summed E-state index contributed by atoms with van der Waals surface area (Å²) in [6.45, 7) is 1.86. The number of hydrazone groups is 1. The van der Waals surface area contributed by atoms with Gasteiger partial charge >= 0.3 is 0 Å². The Labute approximate surface area is 128 Å². The highest BCUT2D eigenvalue weighted by atomic mass is 16.5. The number of ether oxygens (including phenoxy) is 2. The molecule has 2 aromatic rings. The van der Waals surface area contributed by atoms with Gasteiger partial charge in [-0.2, -0.15) is 5.10 Å². The number of aryl methyl sites for hydroxylation is 1. The Balaban J connectivity index is 2.08. The van der Waals surface area contributed by atoms with Gasteiger partial charge in [0.2, 0.25) is 0 Å². The van der Waals surface area contributed by atoms with Gasteiger partial charge in [0, 0.05) is 17.5 Å². The molecule has 0 atom stereocenters. The second-order valence-electron chi connectivity index (χ2n) is 4.50. The molecular formula is C16H17N3O3. The molecule has 0 saturated heterocycles. The molecule has 1 N–H and O–H groups in total. The molecule has 0 saturated carbocycles. The lowest BCUT2D eigenvalue weighted by molar-refractivity contribution is 0.0954. The van der Waals surface area contributed by atoms with Crippen LogP contribution in [0.4, 0.5) is 0 Å². The van der Waals surface area contributed by atoms with Gasteiger partial charge in [0.25, 0.3) is 5.91 Å². The van der Waals surface area contributed by atoms with Crippen LogP contribution >= 0.6 is 0 Å². The minimum Gasteiger partial charge on any atom is -0.497 e. The molecule has 114 valence electrons. The Kier molecular flexibility index (Phi) is 5.08. The number of hydrogen-bond donors (Lipinski definition) is 1. The van der Waals surface area contributed by atoms with Crippen molar-refractivity contribution in [2.45, 2.75) is 6.92 Å². The number of aromatic nitrogens is 1. The first-order chi connectivity index (χ1) is 10.6. The zero-order valence-corrected chi connectivity index (χ0v) is 12.7. The largest absolute Gasteiger partial charge is 0.497 e. The number of amides is 1. The molecule has 6 heteroatoms. The Morgan fingerprint density at radius 1 is 1.23 bits per heavy atom. The van der Waals surface area contributed by atoms with Crippen LogP contribution in [0, 0.1) is 6.92 Å². The zero-order chi connectivity index (χ0) is 15.9. The lowest BCUT2D eigenvalue weighted by Gasteiger charge is -2.06. The van der Waals surface area contributed by atoms with E-state index in [0.717, 1.165) is 5.69 Å². The molecule has 0 aliphatic heterocycles. The first-order valence-electron chi connectivity index (χ1n) is 6.62. The molecular weight excluding hydrogens is 282 g/mol. The number of carbonyl (C=O) groups excluding carboxylic acids is 1. The van der Waals surface area contributed by atoms with E-state index in [1.165, 1.54) is 12.4 Å². The maximum absolute atomic E-state index is 11.9. The molecule has 0 aliphatic carbocycles. The average Bonchev–Trinajstić information content (AvgIpc) is 2.55. The summed E-state index contributed by atoms with van der Waals surface area (Å²) < 4.78 is 10.4. The molecule has 0 aliphatic rings. The number of carbonyl (C=O) groups is 1. The minimum absolute atomic E-state index is 0.328. The van der Waals surface area contributed by atoms with Crippen molar-refractivity contribution in [3.8, 4) is 11.5 Å². The molecule has 1 amide bonds. The van der Waals surface area contributed by atoms with Crippen molar-refractivity contribution in [2.75, 3.05) is 14.2 Å². The topological polar surface area (TPSA) is 72.8 Å². The van der Waals surface area contributed by atoms with E-state index in [9.17, 15) is 4.79 Å². The lowest BCUT2D eigenvalue weighted by Crippen LogP contribution is -2.17. The zero-order valence-electron chi connectivity index (χ0n) is 12.7. The maximum atomic E-state index is 11.9. The van der Waals surface area contributed by atoms with Crippen molar-refractivity contribution in [3.05, 3.63) is 53.3 Å². The fraction of sp³-hybridized carbons (Fsp3) is 0.188. The smallest absolute Gasteiger partial charge is 0.272 e. The molecule has 22 heavy (non-hydrogen) atoms. The van der Waals surface area contributed by atoms with Crippen molar-refractivity contribution in [1.29, 1.82) is 0 Å². The molecule has 0 fully saturated rings. The van der Waals surface area contributed by atoms with Crippen LogP contribution in [-0.2, 0) is 0 Å². The third-order valence-electron chi connectivity index (χ3n) is 2.98. The lowest BCUT2D eigenvalue weighted by atomic mass is 10.2. The molecule has 2 rings (SSSR count). The summed E-state index contributed by atoms with van der Waals surface area (Å²) in [7, 11) is 3.14. The van der Waals surface area contributed by atoms with E-state index in [2.05, 4.69) is 15.5 Å². The molecule has 0 unspecified atom stereocenters. The summed E-state index contributed by atoms with van der Waals surface area (Å²) in [5.74, 6) is 0.984. The van der Waals surface area contributed by atoms with Crippen LogP contribution in [0.15, 0.2) is 41.6 Å². The summed E-state index contributed by atoms with van der Waals surface area (Å²) in [6, 6.07) is 8.78. The molecule has 1 aromatic heterocycles. The molecule has 0 radical (unpaired) electrons. The maximum Gasteiger partial charge on any atom is 0.272 e. The average molecular weight is 299 g/mol. The van der Waals surface area contributed by atoms with Gasteiger partial charge < -0.3 is 9.47 Å². The van der Waals surface area contributed by atoms with Crippen LogP contribution in [0.3, 0.4) is 0 Å². The SMILES string of the molecule is COc1ccc(OC)c(C=NNC(=O)c2ccc(C)nc2)c1. The monoisotopic (exact) mass is 299 g/mol. The number of methoxy groups -OCH3 is 2. The first-order valence-corrected chi connectivity index (χ1v) is 6.62. The number of nitrogens with zero attached hydrogens (tertiary/aromatic N) is 2. The summed E-state index contributed by atoms with van der Waals surface area (Å²) in [6.07, 6.45) is 3.01. The van der Waals surface area contributed by atoms with Gasteiger partial charge in [-0.15, -0.1) is 0 Å². The van der Waals surface area contributed by atoms with E-state index in [0.29, 0.717) is 22.6 Å². The predicted molar refractivity (Wildman–Crippen MR) is 83.6 cm³/mol. The number of pyridine rings is 1. The number of hydrogen-bond acceptors (Lipinski definition) is 5. The Hall–Kier alpha value is -2.89. The number of rotatable bonds is 5. The number of nitrogens with one attached hydrogen (secondary N) is 1. The van der Waals surface area contributed by atoms with Crippen LogP contribution in [0.1, 0.15) is 21.6 Å². The van der Waals surface area contributed by atoms with Crippen LogP contribution in [0.25, 0.3) is 0 Å². The molecule has 6 nitrogen and oxygen atoms in total. The fourth-order valence-corrected chi connectivity index (χ4v) is 1.77. The highest BCUT2D eigenvalue weighted by Gasteiger charge is 2.05. The van der Waals surface area contributed by atoms with Crippen molar-refractivity contribution in [1.82, 2.24) is 10.4 Å². The van der Waals surface area contributed by atoms with E-state index in [1.54, 1.807) is 44.6 Å². The highest BCUT2D eigenvalue weighted by Crippen LogP contribution is 2.22. The molecule has 1 heterocycles. The van der Waals surface area contributed by atoms with Crippen LogP contribution in [0.5, 0.6) is 11.5 Å². The normalized spacial score (nSPS) is 10.5. The first kappa shape index (κ1) is 15.5. The Morgan fingerprint density at radius 2 is 2.05 bits per heavy atom. The van der Waals surface area contributed by atoms with Gasteiger partial charge in [-0.1, -0.05) is 0 Å². The van der Waals surface area contributed by atoms with Crippen LogP contribution in [-0.4, -0.2) is 31.3 Å². The predicted octanol–water partition coefficient (Wildman–Crippen LogP) is 2.17. The summed E-state index contributed by atoms with van der Waals surface area (Å²) in [4.78, 5) is 16.0. The van der Waals surface area contributed by atoms with Gasteiger partial charge in [0.05, 0.1) is 26.0 Å². The second-order valence-corrected chi connectivity index (χ2v) is 4.50. The van der Waals surface area contributed by atoms with Gasteiger partial charge in [0.1, 0.15) is 11.5 Å². The molecule has 1 aromatic carbocycles. The third-order valence-corrected chi connectivity index (χ3v) is 2.98. The van der Waals surface area contributed by atoms with E-state index in [1.807, 2.05) is 6.92 Å². The van der Waals surface area contributed by atoms with E-state index < -0.39 is 0 Å². The molecule has 0 bridgehead atoms. The summed E-state index contributed by atoms with van der Waals surface area (Å²) in [5, 5.41) is 3.94. The van der Waals surface area contributed by atoms with E-state index >= 15 is 0 Å². The van der Waals surface area contributed by atoms with Crippen molar-refractivity contribution >= 4 is 12.1 Å². The van der Waals surface area contributed by atoms with Gasteiger partial charge in [0.15, 0.2) is 0 Å². The van der Waals surface area contributed by atoms with E-state index in [-0.39, 0.29) is 5.91 Å². The summed E-state index contributed by atoms with van der Waals surface area (Å²) >= 11 is 0. The fourth-order valence-electron chi connectivity index (χ4n) is 1.77. The third kappa shape index (κ3) is 3.82. The highest BCUT2D eigenvalue weighted by molar-refractivity contribution is 5.94. The second kappa shape index (κ2) is 7.21. The van der Waals surface area contributed by atoms with Gasteiger partial charge in [-0.3, -0.25) is 9.78 Å². The van der Waals surface area contributed by atoms with Crippen molar-refractivity contribution in [3.63, 3.8) is 0 Å². The van der Waals surface area contributed by atoms with Gasteiger partial charge in [-0.05, 0) is 37.3 Å². The Bertz CT molecular complexity index is 682. The number of benzene rings is 1. The standard InChI is InChI=1S/C16H17N3O3/c1-11-4-5-12(9-17-11)16(20)19-18-10-13-8-14(21-2)6-7-15(13)22-3/h4-10H,1-3H3,(H,19,20). The van der Waals surface area contributed by atoms with Crippen molar-refractivity contribution in [2.24, 2.45) is 5.10 Å². The van der Waals surface area contributed by atoms with Crippen molar-refractivity contribution < 1.29 is 14.3 Å². The Morgan fingerprint density at radius 3 is 2.68 bits per heavy atom.